The monoisotopic (exact) mass is 244 g/mol. The Hall–Kier alpha value is -0.153. The molecule has 0 aromatic carbocycles. The minimum atomic E-state index is -1.56. The normalized spacial score (nSPS) is 15.8. The Balaban J connectivity index is 4.62. The summed E-state index contributed by atoms with van der Waals surface area (Å²) < 4.78 is 6.39. The zero-order valence-electron chi connectivity index (χ0n) is 11.6. The van der Waals surface area contributed by atoms with Crippen molar-refractivity contribution in [2.75, 3.05) is 0 Å². The molecule has 0 aliphatic heterocycles. The number of rotatable bonds is 9. The van der Waals surface area contributed by atoms with Crippen molar-refractivity contribution in [1.82, 2.24) is 0 Å². The third-order valence-corrected chi connectivity index (χ3v) is 8.38. The molecular formula is C13H28O2Si. The summed E-state index contributed by atoms with van der Waals surface area (Å²) in [5.41, 5.74) is 0. The van der Waals surface area contributed by atoms with E-state index in [0.29, 0.717) is 0 Å². The van der Waals surface area contributed by atoms with Gasteiger partial charge in [-0.2, -0.15) is 0 Å². The number of carbonyl (C=O) groups excluding carboxylic acids is 1. The molecule has 0 bridgehead atoms. The van der Waals surface area contributed by atoms with Gasteiger partial charge >= 0.3 is 0 Å². The highest BCUT2D eigenvalue weighted by Gasteiger charge is 2.33. The second-order valence-electron chi connectivity index (χ2n) is 4.68. The summed E-state index contributed by atoms with van der Waals surface area (Å²) in [6.45, 7) is 10.8. The van der Waals surface area contributed by atoms with Crippen LogP contribution in [0.15, 0.2) is 0 Å². The highest BCUT2D eigenvalue weighted by atomic mass is 28.4. The molecular weight excluding hydrogens is 216 g/mol. The van der Waals surface area contributed by atoms with Crippen LogP contribution in [0.4, 0.5) is 0 Å². The molecule has 0 radical (unpaired) electrons. The van der Waals surface area contributed by atoms with Gasteiger partial charge in [0.25, 0.3) is 0 Å². The van der Waals surface area contributed by atoms with Crippen LogP contribution in [0.2, 0.25) is 18.1 Å². The maximum atomic E-state index is 10.9. The van der Waals surface area contributed by atoms with Crippen LogP contribution < -0.4 is 0 Å². The number of aldehydes is 1. The molecule has 0 fully saturated rings. The Bertz CT molecular complexity index is 182. The molecule has 0 aliphatic rings. The van der Waals surface area contributed by atoms with E-state index in [4.69, 9.17) is 4.43 Å². The smallest absolute Gasteiger partial charge is 0.192 e. The van der Waals surface area contributed by atoms with Gasteiger partial charge in [-0.05, 0) is 24.6 Å². The van der Waals surface area contributed by atoms with E-state index in [9.17, 15) is 4.79 Å². The lowest BCUT2D eigenvalue weighted by molar-refractivity contribution is -0.113. The molecule has 0 unspecified atom stereocenters. The highest BCUT2D eigenvalue weighted by molar-refractivity contribution is 6.73. The molecule has 0 saturated heterocycles. The SMILES string of the molecule is CCC[C@@H](O[Si](CC)(CC)CC)[C@@H](C)C=O. The lowest BCUT2D eigenvalue weighted by Gasteiger charge is -2.34. The van der Waals surface area contributed by atoms with Crippen molar-refractivity contribution < 1.29 is 9.22 Å². The Labute approximate surface area is 102 Å². The standard InChI is InChI=1S/C13H28O2Si/c1-6-10-13(12(5)11-14)15-16(7-2,8-3)9-4/h11-13H,6-10H2,1-5H3/t12-,13+/m0/s1. The fourth-order valence-corrected chi connectivity index (χ4v) is 5.10. The molecule has 96 valence electrons. The summed E-state index contributed by atoms with van der Waals surface area (Å²) in [6.07, 6.45) is 3.29. The fraction of sp³-hybridized carbons (Fsp3) is 0.923. The topological polar surface area (TPSA) is 26.3 Å². The van der Waals surface area contributed by atoms with Crippen molar-refractivity contribution in [3.8, 4) is 0 Å². The summed E-state index contributed by atoms with van der Waals surface area (Å²) in [6, 6.07) is 3.48. The Kier molecular flexibility index (Phi) is 7.94. The summed E-state index contributed by atoms with van der Waals surface area (Å²) >= 11 is 0. The van der Waals surface area contributed by atoms with Crippen LogP contribution in [0.1, 0.15) is 47.5 Å². The van der Waals surface area contributed by atoms with Gasteiger partial charge in [-0.15, -0.1) is 0 Å². The average molecular weight is 244 g/mol. The van der Waals surface area contributed by atoms with Crippen molar-refractivity contribution in [2.24, 2.45) is 5.92 Å². The number of carbonyl (C=O) groups is 1. The minimum Gasteiger partial charge on any atom is -0.413 e. The molecule has 3 heteroatoms. The lowest BCUT2D eigenvalue weighted by atomic mass is 10.0. The highest BCUT2D eigenvalue weighted by Crippen LogP contribution is 2.27. The number of hydrogen-bond acceptors (Lipinski definition) is 2. The van der Waals surface area contributed by atoms with Crippen LogP contribution in [0, 0.1) is 5.92 Å². The second kappa shape index (κ2) is 8.01. The van der Waals surface area contributed by atoms with Crippen molar-refractivity contribution in [2.45, 2.75) is 71.7 Å². The van der Waals surface area contributed by atoms with Gasteiger partial charge in [0, 0.05) is 5.92 Å². The average Bonchev–Trinajstić information content (AvgIpc) is 2.34. The Morgan fingerprint density at radius 2 is 1.62 bits per heavy atom. The van der Waals surface area contributed by atoms with Crippen molar-refractivity contribution in [1.29, 1.82) is 0 Å². The van der Waals surface area contributed by atoms with Gasteiger partial charge in [-0.3, -0.25) is 0 Å². The molecule has 0 aliphatic carbocycles. The Morgan fingerprint density at radius 3 is 1.94 bits per heavy atom. The van der Waals surface area contributed by atoms with Gasteiger partial charge < -0.3 is 9.22 Å². The zero-order valence-corrected chi connectivity index (χ0v) is 12.6. The van der Waals surface area contributed by atoms with Gasteiger partial charge in [-0.25, -0.2) is 0 Å². The first-order chi connectivity index (χ1) is 7.59. The van der Waals surface area contributed by atoms with E-state index in [1.807, 2.05) is 6.92 Å². The van der Waals surface area contributed by atoms with Gasteiger partial charge in [0.1, 0.15) is 6.29 Å². The number of hydrogen-bond donors (Lipinski definition) is 0. The van der Waals surface area contributed by atoms with Crippen LogP contribution >= 0.6 is 0 Å². The zero-order chi connectivity index (χ0) is 12.6. The molecule has 2 atom stereocenters. The van der Waals surface area contributed by atoms with E-state index in [1.54, 1.807) is 0 Å². The van der Waals surface area contributed by atoms with E-state index in [-0.39, 0.29) is 12.0 Å². The molecule has 0 rings (SSSR count). The van der Waals surface area contributed by atoms with Gasteiger partial charge in [0.15, 0.2) is 8.32 Å². The van der Waals surface area contributed by atoms with Crippen molar-refractivity contribution >= 4 is 14.6 Å². The maximum Gasteiger partial charge on any atom is 0.192 e. The van der Waals surface area contributed by atoms with Crippen LogP contribution in [0.3, 0.4) is 0 Å². The molecule has 0 aromatic rings. The lowest BCUT2D eigenvalue weighted by Crippen LogP contribution is -2.42. The van der Waals surface area contributed by atoms with Crippen LogP contribution in [-0.2, 0) is 9.22 Å². The molecule has 0 N–H and O–H groups in total. The van der Waals surface area contributed by atoms with Crippen molar-refractivity contribution in [3.63, 3.8) is 0 Å². The van der Waals surface area contributed by atoms with Crippen molar-refractivity contribution in [3.05, 3.63) is 0 Å². The van der Waals surface area contributed by atoms with Crippen LogP contribution in [-0.4, -0.2) is 20.7 Å². The molecule has 0 amide bonds. The molecule has 16 heavy (non-hydrogen) atoms. The van der Waals surface area contributed by atoms with E-state index in [2.05, 4.69) is 27.7 Å². The summed E-state index contributed by atoms with van der Waals surface area (Å²) in [5.74, 6) is 0.0384. The first-order valence-electron chi connectivity index (χ1n) is 6.72. The minimum absolute atomic E-state index is 0.0384. The van der Waals surface area contributed by atoms with Crippen LogP contribution in [0.5, 0.6) is 0 Å². The summed E-state index contributed by atoms with van der Waals surface area (Å²) in [4.78, 5) is 10.9. The molecule has 2 nitrogen and oxygen atoms in total. The molecule has 0 aromatic heterocycles. The fourth-order valence-electron chi connectivity index (χ4n) is 2.12. The maximum absolute atomic E-state index is 10.9. The first-order valence-corrected chi connectivity index (χ1v) is 9.25. The first kappa shape index (κ1) is 15.8. The quantitative estimate of drug-likeness (QED) is 0.452. The second-order valence-corrected chi connectivity index (χ2v) is 9.41. The van der Waals surface area contributed by atoms with Gasteiger partial charge in [-0.1, -0.05) is 41.0 Å². The van der Waals surface area contributed by atoms with E-state index in [1.165, 1.54) is 0 Å². The predicted molar refractivity (Wildman–Crippen MR) is 72.2 cm³/mol. The molecule has 0 spiro atoms. The van der Waals surface area contributed by atoms with E-state index in [0.717, 1.165) is 37.3 Å². The summed E-state index contributed by atoms with van der Waals surface area (Å²) in [5, 5.41) is 0. The Morgan fingerprint density at radius 1 is 1.12 bits per heavy atom. The van der Waals surface area contributed by atoms with Gasteiger partial charge in [0.2, 0.25) is 0 Å². The third-order valence-electron chi connectivity index (χ3n) is 3.71. The third kappa shape index (κ3) is 4.38. The summed E-state index contributed by atoms with van der Waals surface area (Å²) in [7, 11) is -1.56. The molecule has 0 saturated carbocycles. The van der Waals surface area contributed by atoms with Gasteiger partial charge in [0.05, 0.1) is 6.10 Å². The molecule has 0 heterocycles. The van der Waals surface area contributed by atoms with E-state index < -0.39 is 8.32 Å². The largest absolute Gasteiger partial charge is 0.413 e. The predicted octanol–water partition coefficient (Wildman–Crippen LogP) is 4.01. The van der Waals surface area contributed by atoms with E-state index >= 15 is 0 Å². The van der Waals surface area contributed by atoms with Crippen LogP contribution in [0.25, 0.3) is 0 Å².